The van der Waals surface area contributed by atoms with Crippen molar-refractivity contribution in [3.63, 3.8) is 0 Å². The van der Waals surface area contributed by atoms with E-state index in [1.54, 1.807) is 11.3 Å². The van der Waals surface area contributed by atoms with E-state index in [4.69, 9.17) is 4.74 Å². The SMILES string of the molecule is CCOCc1ccccc1CNC(=O)CCc1ccsc1. The average molecular weight is 303 g/mol. The minimum atomic E-state index is 0.0902. The van der Waals surface area contributed by atoms with Gasteiger partial charge in [0.15, 0.2) is 0 Å². The number of benzene rings is 1. The summed E-state index contributed by atoms with van der Waals surface area (Å²) in [6.07, 6.45) is 1.33. The number of rotatable bonds is 8. The normalized spacial score (nSPS) is 10.5. The van der Waals surface area contributed by atoms with Crippen LogP contribution < -0.4 is 5.32 Å². The molecule has 0 fully saturated rings. The summed E-state index contributed by atoms with van der Waals surface area (Å²) in [5.74, 6) is 0.0902. The van der Waals surface area contributed by atoms with Gasteiger partial charge in [-0.25, -0.2) is 0 Å². The molecule has 0 saturated heterocycles. The first-order chi connectivity index (χ1) is 10.3. The molecule has 2 rings (SSSR count). The fraction of sp³-hybridized carbons (Fsp3) is 0.353. The van der Waals surface area contributed by atoms with Gasteiger partial charge in [0.2, 0.25) is 5.91 Å². The molecule has 1 heterocycles. The predicted molar refractivity (Wildman–Crippen MR) is 86.3 cm³/mol. The van der Waals surface area contributed by atoms with Crippen molar-refractivity contribution >= 4 is 17.2 Å². The fourth-order valence-electron chi connectivity index (χ4n) is 2.06. The van der Waals surface area contributed by atoms with Gasteiger partial charge in [0, 0.05) is 19.6 Å². The monoisotopic (exact) mass is 303 g/mol. The van der Waals surface area contributed by atoms with Crippen molar-refractivity contribution in [2.45, 2.75) is 32.9 Å². The number of thiophene rings is 1. The van der Waals surface area contributed by atoms with E-state index in [1.807, 2.05) is 36.6 Å². The molecular weight excluding hydrogens is 282 g/mol. The van der Waals surface area contributed by atoms with E-state index in [2.05, 4.69) is 16.8 Å². The number of carbonyl (C=O) groups excluding carboxylic acids is 1. The van der Waals surface area contributed by atoms with E-state index in [1.165, 1.54) is 5.56 Å². The first-order valence-electron chi connectivity index (χ1n) is 7.22. The van der Waals surface area contributed by atoms with Crippen molar-refractivity contribution in [2.75, 3.05) is 6.61 Å². The molecule has 1 N–H and O–H groups in total. The Morgan fingerprint density at radius 3 is 2.76 bits per heavy atom. The van der Waals surface area contributed by atoms with Gasteiger partial charge in [-0.05, 0) is 46.9 Å². The molecule has 3 nitrogen and oxygen atoms in total. The van der Waals surface area contributed by atoms with Crippen LogP contribution >= 0.6 is 11.3 Å². The van der Waals surface area contributed by atoms with Crippen molar-refractivity contribution in [1.82, 2.24) is 5.32 Å². The molecule has 21 heavy (non-hydrogen) atoms. The molecule has 0 spiro atoms. The van der Waals surface area contributed by atoms with Crippen LogP contribution in [0.4, 0.5) is 0 Å². The number of carbonyl (C=O) groups is 1. The van der Waals surface area contributed by atoms with E-state index in [9.17, 15) is 4.79 Å². The molecular formula is C17H21NO2S. The second-order valence-corrected chi connectivity index (χ2v) is 5.59. The highest BCUT2D eigenvalue weighted by molar-refractivity contribution is 7.07. The Bertz CT molecular complexity index is 552. The summed E-state index contributed by atoms with van der Waals surface area (Å²) in [5.41, 5.74) is 3.49. The number of ether oxygens (including phenoxy) is 1. The van der Waals surface area contributed by atoms with Gasteiger partial charge in [-0.1, -0.05) is 24.3 Å². The van der Waals surface area contributed by atoms with Gasteiger partial charge < -0.3 is 10.1 Å². The summed E-state index contributed by atoms with van der Waals surface area (Å²) in [4.78, 5) is 11.9. The maximum absolute atomic E-state index is 11.9. The third-order valence-corrected chi connectivity index (χ3v) is 4.01. The van der Waals surface area contributed by atoms with Gasteiger partial charge in [0.1, 0.15) is 0 Å². The molecule has 1 amide bonds. The number of hydrogen-bond donors (Lipinski definition) is 1. The zero-order valence-electron chi connectivity index (χ0n) is 12.3. The Labute approximate surface area is 130 Å². The summed E-state index contributed by atoms with van der Waals surface area (Å²) >= 11 is 1.67. The molecule has 0 saturated carbocycles. The van der Waals surface area contributed by atoms with Crippen molar-refractivity contribution in [1.29, 1.82) is 0 Å². The Morgan fingerprint density at radius 2 is 2.05 bits per heavy atom. The van der Waals surface area contributed by atoms with Crippen LogP contribution in [-0.2, 0) is 29.1 Å². The van der Waals surface area contributed by atoms with Crippen molar-refractivity contribution in [3.05, 3.63) is 57.8 Å². The minimum absolute atomic E-state index is 0.0902. The second-order valence-electron chi connectivity index (χ2n) is 4.81. The van der Waals surface area contributed by atoms with Gasteiger partial charge in [-0.3, -0.25) is 4.79 Å². The smallest absolute Gasteiger partial charge is 0.220 e. The Kier molecular flexibility index (Phi) is 6.44. The van der Waals surface area contributed by atoms with Gasteiger partial charge in [-0.2, -0.15) is 11.3 Å². The molecule has 1 aromatic carbocycles. The van der Waals surface area contributed by atoms with Crippen LogP contribution in [-0.4, -0.2) is 12.5 Å². The van der Waals surface area contributed by atoms with E-state index >= 15 is 0 Å². The molecule has 0 aliphatic heterocycles. The lowest BCUT2D eigenvalue weighted by Gasteiger charge is -2.10. The number of hydrogen-bond acceptors (Lipinski definition) is 3. The number of nitrogens with one attached hydrogen (secondary N) is 1. The third-order valence-electron chi connectivity index (χ3n) is 3.28. The van der Waals surface area contributed by atoms with Gasteiger partial charge in [-0.15, -0.1) is 0 Å². The molecule has 0 bridgehead atoms. The van der Waals surface area contributed by atoms with Crippen LogP contribution in [0.5, 0.6) is 0 Å². The molecule has 1 aromatic heterocycles. The lowest BCUT2D eigenvalue weighted by molar-refractivity contribution is -0.121. The zero-order chi connectivity index (χ0) is 14.9. The van der Waals surface area contributed by atoms with E-state index in [0.29, 0.717) is 26.2 Å². The number of aryl methyl sites for hydroxylation is 1. The summed E-state index contributed by atoms with van der Waals surface area (Å²) < 4.78 is 5.45. The molecule has 2 aromatic rings. The van der Waals surface area contributed by atoms with Crippen LogP contribution in [0.25, 0.3) is 0 Å². The fourth-order valence-corrected chi connectivity index (χ4v) is 2.76. The molecule has 4 heteroatoms. The Balaban J connectivity index is 1.80. The highest BCUT2D eigenvalue weighted by Gasteiger charge is 2.05. The van der Waals surface area contributed by atoms with E-state index in [-0.39, 0.29) is 5.91 Å². The highest BCUT2D eigenvalue weighted by Crippen LogP contribution is 2.11. The first kappa shape index (κ1) is 15.7. The van der Waals surface area contributed by atoms with Crippen LogP contribution in [0.15, 0.2) is 41.1 Å². The average Bonchev–Trinajstić information content (AvgIpc) is 3.03. The van der Waals surface area contributed by atoms with Crippen LogP contribution in [0, 0.1) is 0 Å². The maximum atomic E-state index is 11.9. The summed E-state index contributed by atoms with van der Waals surface area (Å²) in [6.45, 7) is 3.83. The molecule has 0 atom stereocenters. The van der Waals surface area contributed by atoms with Crippen molar-refractivity contribution < 1.29 is 9.53 Å². The van der Waals surface area contributed by atoms with Crippen LogP contribution in [0.2, 0.25) is 0 Å². The summed E-state index contributed by atoms with van der Waals surface area (Å²) in [7, 11) is 0. The predicted octanol–water partition coefficient (Wildman–Crippen LogP) is 3.53. The molecule has 0 radical (unpaired) electrons. The third kappa shape index (κ3) is 5.33. The van der Waals surface area contributed by atoms with Crippen LogP contribution in [0.3, 0.4) is 0 Å². The minimum Gasteiger partial charge on any atom is -0.377 e. The topological polar surface area (TPSA) is 38.3 Å². The van der Waals surface area contributed by atoms with Gasteiger partial charge >= 0.3 is 0 Å². The van der Waals surface area contributed by atoms with E-state index in [0.717, 1.165) is 17.5 Å². The highest BCUT2D eigenvalue weighted by atomic mass is 32.1. The largest absolute Gasteiger partial charge is 0.377 e. The van der Waals surface area contributed by atoms with Crippen molar-refractivity contribution in [3.8, 4) is 0 Å². The lowest BCUT2D eigenvalue weighted by atomic mass is 10.1. The van der Waals surface area contributed by atoms with Crippen LogP contribution in [0.1, 0.15) is 30.0 Å². The lowest BCUT2D eigenvalue weighted by Crippen LogP contribution is -2.23. The maximum Gasteiger partial charge on any atom is 0.220 e. The molecule has 0 aliphatic carbocycles. The molecule has 0 aliphatic rings. The van der Waals surface area contributed by atoms with Crippen molar-refractivity contribution in [2.24, 2.45) is 0 Å². The van der Waals surface area contributed by atoms with E-state index < -0.39 is 0 Å². The first-order valence-corrected chi connectivity index (χ1v) is 8.16. The Hall–Kier alpha value is -1.65. The van der Waals surface area contributed by atoms with Gasteiger partial charge in [0.25, 0.3) is 0 Å². The quantitative estimate of drug-likeness (QED) is 0.810. The molecule has 0 unspecified atom stereocenters. The van der Waals surface area contributed by atoms with Gasteiger partial charge in [0.05, 0.1) is 6.61 Å². The summed E-state index contributed by atoms with van der Waals surface area (Å²) in [6, 6.07) is 10.1. The molecule has 112 valence electrons. The zero-order valence-corrected chi connectivity index (χ0v) is 13.1. The number of amides is 1. The second kappa shape index (κ2) is 8.60. The standard InChI is InChI=1S/C17H21NO2S/c1-2-20-12-16-6-4-3-5-15(16)11-18-17(19)8-7-14-9-10-21-13-14/h3-6,9-10,13H,2,7-8,11-12H2,1H3,(H,18,19). The Morgan fingerprint density at radius 1 is 1.24 bits per heavy atom. The summed E-state index contributed by atoms with van der Waals surface area (Å²) in [5, 5.41) is 7.11.